The molecular weight excluding hydrogens is 382 g/mol. The first kappa shape index (κ1) is 19.5. The van der Waals surface area contributed by atoms with Crippen LogP contribution in [-0.4, -0.2) is 70.3 Å². The molecule has 154 valence electrons. The first-order chi connectivity index (χ1) is 13.9. The lowest BCUT2D eigenvalue weighted by molar-refractivity contribution is -0.142. The van der Waals surface area contributed by atoms with Gasteiger partial charge in [-0.2, -0.15) is 5.10 Å². The number of hydrogen-bond acceptors (Lipinski definition) is 4. The maximum atomic E-state index is 14.2. The third kappa shape index (κ3) is 3.87. The third-order valence-electron chi connectivity index (χ3n) is 5.33. The lowest BCUT2D eigenvalue weighted by Crippen LogP contribution is -2.52. The number of ether oxygens (including phenoxy) is 1. The Labute approximate surface area is 166 Å². The number of carbonyl (C=O) groups excluding carboxylic acids is 2. The van der Waals surface area contributed by atoms with E-state index < -0.39 is 11.6 Å². The molecule has 0 aliphatic carbocycles. The van der Waals surface area contributed by atoms with Gasteiger partial charge in [0.2, 0.25) is 0 Å². The molecule has 2 amide bonds. The fourth-order valence-electron chi connectivity index (χ4n) is 3.80. The van der Waals surface area contributed by atoms with Crippen LogP contribution in [-0.2, 0) is 16.6 Å². The van der Waals surface area contributed by atoms with Crippen LogP contribution in [0.4, 0.5) is 8.78 Å². The highest BCUT2D eigenvalue weighted by Gasteiger charge is 2.32. The Balaban J connectivity index is 1.49. The van der Waals surface area contributed by atoms with E-state index in [1.807, 2.05) is 0 Å². The molecule has 2 aliphatic rings. The van der Waals surface area contributed by atoms with Crippen molar-refractivity contribution in [2.45, 2.75) is 18.9 Å². The number of amides is 2. The van der Waals surface area contributed by atoms with Crippen molar-refractivity contribution in [3.05, 3.63) is 41.6 Å². The van der Waals surface area contributed by atoms with Crippen molar-refractivity contribution in [3.63, 3.8) is 0 Å². The summed E-state index contributed by atoms with van der Waals surface area (Å²) in [6.07, 6.45) is 2.78. The van der Waals surface area contributed by atoms with Gasteiger partial charge in [0.25, 0.3) is 11.8 Å². The second-order valence-corrected chi connectivity index (χ2v) is 7.31. The normalized spacial score (nSPS) is 19.6. The average Bonchev–Trinajstić information content (AvgIpc) is 3.37. The molecule has 4 rings (SSSR count). The lowest BCUT2D eigenvalue weighted by atomic mass is 10.1. The molecule has 0 N–H and O–H groups in total. The predicted octanol–water partition coefficient (Wildman–Crippen LogP) is 1.83. The Morgan fingerprint density at radius 1 is 1.14 bits per heavy atom. The van der Waals surface area contributed by atoms with Gasteiger partial charge in [-0.15, -0.1) is 0 Å². The minimum Gasteiger partial charge on any atom is -0.368 e. The van der Waals surface area contributed by atoms with Gasteiger partial charge in [0, 0.05) is 57.7 Å². The van der Waals surface area contributed by atoms with E-state index in [0.29, 0.717) is 32.8 Å². The van der Waals surface area contributed by atoms with Crippen molar-refractivity contribution in [1.82, 2.24) is 19.6 Å². The molecule has 1 aromatic heterocycles. The molecule has 2 aromatic rings. The maximum Gasteiger partial charge on any atom is 0.257 e. The predicted molar refractivity (Wildman–Crippen MR) is 100 cm³/mol. The van der Waals surface area contributed by atoms with E-state index in [2.05, 4.69) is 5.10 Å². The smallest absolute Gasteiger partial charge is 0.257 e. The summed E-state index contributed by atoms with van der Waals surface area (Å²) in [4.78, 5) is 28.9. The van der Waals surface area contributed by atoms with Crippen LogP contribution in [0.1, 0.15) is 23.2 Å². The van der Waals surface area contributed by atoms with E-state index in [4.69, 9.17) is 4.74 Å². The lowest BCUT2D eigenvalue weighted by Gasteiger charge is -2.35. The van der Waals surface area contributed by atoms with Gasteiger partial charge in [-0.25, -0.2) is 8.78 Å². The van der Waals surface area contributed by atoms with Gasteiger partial charge in [-0.3, -0.25) is 14.3 Å². The minimum absolute atomic E-state index is 0.0231. The van der Waals surface area contributed by atoms with E-state index >= 15 is 0 Å². The molecule has 9 heteroatoms. The Bertz CT molecular complexity index is 932. The van der Waals surface area contributed by atoms with E-state index in [0.717, 1.165) is 25.0 Å². The molecule has 1 atom stereocenters. The van der Waals surface area contributed by atoms with E-state index in [1.165, 1.54) is 16.9 Å². The number of benzene rings is 1. The average molecular weight is 404 g/mol. The summed E-state index contributed by atoms with van der Waals surface area (Å²) in [5, 5.41) is 4.21. The highest BCUT2D eigenvalue weighted by Crippen LogP contribution is 2.27. The number of nitrogens with zero attached hydrogens (tertiary/aromatic N) is 4. The van der Waals surface area contributed by atoms with Crippen LogP contribution in [0, 0.1) is 11.6 Å². The Morgan fingerprint density at radius 3 is 2.52 bits per heavy atom. The summed E-state index contributed by atoms with van der Waals surface area (Å²) in [7, 11) is 1.64. The van der Waals surface area contributed by atoms with Gasteiger partial charge in [0.15, 0.2) is 0 Å². The van der Waals surface area contributed by atoms with Crippen molar-refractivity contribution >= 4 is 11.8 Å². The van der Waals surface area contributed by atoms with E-state index in [9.17, 15) is 18.4 Å². The first-order valence-corrected chi connectivity index (χ1v) is 9.63. The van der Waals surface area contributed by atoms with Crippen LogP contribution in [0.5, 0.6) is 0 Å². The number of aryl methyl sites for hydroxylation is 1. The van der Waals surface area contributed by atoms with Crippen molar-refractivity contribution in [2.24, 2.45) is 7.05 Å². The summed E-state index contributed by atoms with van der Waals surface area (Å²) in [5.41, 5.74) is 0.493. The molecule has 2 saturated heterocycles. The fourth-order valence-corrected chi connectivity index (χ4v) is 3.80. The molecule has 1 unspecified atom stereocenters. The molecule has 3 heterocycles. The zero-order valence-corrected chi connectivity index (χ0v) is 16.1. The van der Waals surface area contributed by atoms with Gasteiger partial charge in [0.1, 0.15) is 23.4 Å². The molecule has 0 bridgehead atoms. The third-order valence-corrected chi connectivity index (χ3v) is 5.33. The zero-order valence-electron chi connectivity index (χ0n) is 16.1. The second kappa shape index (κ2) is 7.90. The van der Waals surface area contributed by atoms with Crippen LogP contribution in [0.15, 0.2) is 24.4 Å². The topological polar surface area (TPSA) is 67.7 Å². The van der Waals surface area contributed by atoms with Crippen LogP contribution in [0.3, 0.4) is 0 Å². The second-order valence-electron chi connectivity index (χ2n) is 7.31. The monoisotopic (exact) mass is 404 g/mol. The summed E-state index contributed by atoms with van der Waals surface area (Å²) in [6.45, 7) is 2.20. The minimum atomic E-state index is -0.773. The molecule has 0 spiro atoms. The van der Waals surface area contributed by atoms with Crippen molar-refractivity contribution in [2.75, 3.05) is 32.8 Å². The number of aromatic nitrogens is 2. The number of piperazine rings is 1. The Hall–Kier alpha value is -2.81. The number of hydrogen-bond donors (Lipinski definition) is 0. The van der Waals surface area contributed by atoms with Crippen LogP contribution in [0.2, 0.25) is 0 Å². The van der Waals surface area contributed by atoms with Gasteiger partial charge in [-0.05, 0) is 25.0 Å². The molecule has 0 radical (unpaired) electrons. The van der Waals surface area contributed by atoms with Crippen molar-refractivity contribution in [3.8, 4) is 11.3 Å². The summed E-state index contributed by atoms with van der Waals surface area (Å²) in [5.74, 6) is -1.78. The highest BCUT2D eigenvalue weighted by atomic mass is 19.1. The van der Waals surface area contributed by atoms with Gasteiger partial charge in [-0.1, -0.05) is 0 Å². The summed E-state index contributed by atoms with van der Waals surface area (Å²) < 4.78 is 34.4. The van der Waals surface area contributed by atoms with E-state index in [1.54, 1.807) is 16.8 Å². The van der Waals surface area contributed by atoms with Crippen molar-refractivity contribution in [1.29, 1.82) is 0 Å². The molecular formula is C20H22F2N4O3. The van der Waals surface area contributed by atoms with Crippen LogP contribution < -0.4 is 0 Å². The zero-order chi connectivity index (χ0) is 20.5. The quantitative estimate of drug-likeness (QED) is 0.783. The number of carbonyl (C=O) groups is 2. The maximum absolute atomic E-state index is 14.2. The van der Waals surface area contributed by atoms with Crippen LogP contribution >= 0.6 is 0 Å². The molecule has 2 fully saturated rings. The Morgan fingerprint density at radius 2 is 1.86 bits per heavy atom. The number of rotatable bonds is 3. The SMILES string of the molecule is Cn1cc(C(=O)N2CCN(C(=O)C3CCCO3)CC2)c(-c2ccc(F)cc2F)n1. The summed E-state index contributed by atoms with van der Waals surface area (Å²) in [6, 6.07) is 3.19. The molecule has 1 aromatic carbocycles. The number of halogens is 2. The first-order valence-electron chi connectivity index (χ1n) is 9.63. The molecule has 0 saturated carbocycles. The van der Waals surface area contributed by atoms with Gasteiger partial charge in [0.05, 0.1) is 5.56 Å². The van der Waals surface area contributed by atoms with Gasteiger partial charge >= 0.3 is 0 Å². The molecule has 29 heavy (non-hydrogen) atoms. The Kier molecular flexibility index (Phi) is 5.31. The molecule has 7 nitrogen and oxygen atoms in total. The highest BCUT2D eigenvalue weighted by molar-refractivity contribution is 6.00. The van der Waals surface area contributed by atoms with Crippen molar-refractivity contribution < 1.29 is 23.1 Å². The standard InChI is InChI=1S/C20H22F2N4O3/c1-24-12-15(18(23-24)14-5-4-13(21)11-16(14)22)19(27)25-6-8-26(9-7-25)20(28)17-3-2-10-29-17/h4-5,11-12,17H,2-3,6-10H2,1H3. The largest absolute Gasteiger partial charge is 0.368 e. The molecule has 2 aliphatic heterocycles. The van der Waals surface area contributed by atoms with Crippen LogP contribution in [0.25, 0.3) is 11.3 Å². The van der Waals surface area contributed by atoms with E-state index in [-0.39, 0.29) is 34.7 Å². The van der Waals surface area contributed by atoms with Gasteiger partial charge < -0.3 is 14.5 Å². The summed E-state index contributed by atoms with van der Waals surface area (Å²) >= 11 is 0. The fraction of sp³-hybridized carbons (Fsp3) is 0.450.